The van der Waals surface area contributed by atoms with Gasteiger partial charge in [-0.05, 0) is 0 Å². The van der Waals surface area contributed by atoms with Crippen LogP contribution in [0.1, 0.15) is 0 Å². The fourth-order valence-corrected chi connectivity index (χ4v) is 0. The normalized spacial score (nSPS) is 7.08. The lowest BCUT2D eigenvalue weighted by Crippen LogP contribution is -1.66. The van der Waals surface area contributed by atoms with E-state index in [2.05, 4.69) is 0 Å². The Morgan fingerprint density at radius 1 is 0.280 bits per heavy atom. The maximum atomic E-state index is 8.88. The molecule has 0 bridgehead atoms. The van der Waals surface area contributed by atoms with E-state index in [-0.39, 0.29) is 54.8 Å². The Balaban J connectivity index is -0.00000000655. The van der Waals surface area contributed by atoms with Crippen molar-refractivity contribution in [3.05, 3.63) is 0 Å². The molecule has 0 radical (unpaired) electrons. The van der Waals surface area contributed by atoms with E-state index in [0.717, 1.165) is 0 Å². The SMILES string of the molecule is O.O.O.O.O.O.O.O.O.O.O=P(O)(O)O.O=P(O)(O)O.O=P(O)(O)O. The average Bonchev–Trinajstić information content (AvgIpc) is 1.41. The molecule has 0 aliphatic heterocycles. The standard InChI is InChI=1S/3H3O4P.10H2O/c3*1-5(2,3)4;;;;;;;;;;/h3*(H3,1,2,3,4);10*1H2. The number of phosphoric acid groups is 3. The Labute approximate surface area is 137 Å². The molecular weight excluding hydrogens is 445 g/mol. The quantitative estimate of drug-likeness (QED) is 0.148. The predicted molar refractivity (Wildman–Crippen MR) is 78.9 cm³/mol. The van der Waals surface area contributed by atoms with Crippen LogP contribution in [0, 0.1) is 0 Å². The summed E-state index contributed by atoms with van der Waals surface area (Å²) >= 11 is 0. The van der Waals surface area contributed by atoms with E-state index in [4.69, 9.17) is 57.7 Å². The van der Waals surface area contributed by atoms with Crippen molar-refractivity contribution in [3.8, 4) is 0 Å². The molecule has 0 aromatic heterocycles. The lowest BCUT2D eigenvalue weighted by atomic mass is 15.8. The Hall–Kier alpha value is -0.0700. The van der Waals surface area contributed by atoms with Crippen LogP contribution < -0.4 is 0 Å². The highest BCUT2D eigenvalue weighted by atomic mass is 31.2. The topological polar surface area (TPSA) is 548 Å². The van der Waals surface area contributed by atoms with Crippen molar-refractivity contribution >= 4 is 23.5 Å². The van der Waals surface area contributed by atoms with Crippen LogP contribution in [0.5, 0.6) is 0 Å². The zero-order chi connectivity index (χ0) is 13.5. The number of hydrogen-bond acceptors (Lipinski definition) is 3. The molecule has 0 saturated heterocycles. The van der Waals surface area contributed by atoms with Crippen LogP contribution in [0.15, 0.2) is 0 Å². The number of hydrogen-bond donors (Lipinski definition) is 9. The molecule has 0 aromatic carbocycles. The van der Waals surface area contributed by atoms with Crippen LogP contribution in [0.25, 0.3) is 0 Å². The molecule has 29 N–H and O–H groups in total. The zero-order valence-corrected chi connectivity index (χ0v) is 14.3. The molecule has 25 heteroatoms. The van der Waals surface area contributed by atoms with Crippen molar-refractivity contribution in [2.45, 2.75) is 0 Å². The first-order valence-corrected chi connectivity index (χ1v) is 7.04. The van der Waals surface area contributed by atoms with Gasteiger partial charge < -0.3 is 98.8 Å². The highest BCUT2D eigenvalue weighted by Crippen LogP contribution is 2.26. The van der Waals surface area contributed by atoms with Crippen LogP contribution in [0.2, 0.25) is 0 Å². The van der Waals surface area contributed by atoms with Gasteiger partial charge in [0.1, 0.15) is 0 Å². The van der Waals surface area contributed by atoms with E-state index in [1.807, 2.05) is 0 Å². The molecule has 22 nitrogen and oxygen atoms in total. The van der Waals surface area contributed by atoms with Crippen LogP contribution in [0.4, 0.5) is 0 Å². The van der Waals surface area contributed by atoms with Crippen molar-refractivity contribution in [2.75, 3.05) is 0 Å². The van der Waals surface area contributed by atoms with Crippen molar-refractivity contribution < 1.29 is 112 Å². The van der Waals surface area contributed by atoms with Gasteiger partial charge in [0.25, 0.3) is 0 Å². The van der Waals surface area contributed by atoms with Crippen molar-refractivity contribution in [1.82, 2.24) is 0 Å². The first kappa shape index (κ1) is 100. The second-order valence-corrected chi connectivity index (χ2v) is 4.62. The Bertz CT molecular complexity index is 199. The lowest BCUT2D eigenvalue weighted by molar-refractivity contribution is 0.272. The minimum Gasteiger partial charge on any atom is -0.412 e. The molecule has 0 aliphatic carbocycles. The molecule has 0 rings (SSSR count). The molecule has 0 unspecified atom stereocenters. The maximum absolute atomic E-state index is 8.88. The van der Waals surface area contributed by atoms with Gasteiger partial charge in [0.05, 0.1) is 0 Å². The summed E-state index contributed by atoms with van der Waals surface area (Å²) in [5.74, 6) is 0. The van der Waals surface area contributed by atoms with E-state index in [1.54, 1.807) is 0 Å². The predicted octanol–water partition coefficient (Wildman–Crippen LogP) is -11.0. The van der Waals surface area contributed by atoms with E-state index < -0.39 is 23.5 Å². The minimum absolute atomic E-state index is 0. The van der Waals surface area contributed by atoms with Crippen molar-refractivity contribution in [1.29, 1.82) is 0 Å². The summed E-state index contributed by atoms with van der Waals surface area (Å²) in [6, 6.07) is 0. The van der Waals surface area contributed by atoms with E-state index >= 15 is 0 Å². The highest BCUT2D eigenvalue weighted by molar-refractivity contribution is 7.45. The molecule has 0 saturated carbocycles. The summed E-state index contributed by atoms with van der Waals surface area (Å²) in [4.78, 5) is 64.7. The van der Waals surface area contributed by atoms with Gasteiger partial charge in [0.2, 0.25) is 0 Å². The van der Waals surface area contributed by atoms with Crippen molar-refractivity contribution in [3.63, 3.8) is 0 Å². The Morgan fingerprint density at radius 2 is 0.280 bits per heavy atom. The van der Waals surface area contributed by atoms with Crippen LogP contribution in [-0.4, -0.2) is 98.8 Å². The van der Waals surface area contributed by atoms with Gasteiger partial charge in [-0.15, -0.1) is 0 Å². The second-order valence-electron chi connectivity index (χ2n) is 1.54. The third-order valence-corrected chi connectivity index (χ3v) is 0. The molecule has 0 aliphatic rings. The molecule has 0 heterocycles. The van der Waals surface area contributed by atoms with E-state index in [0.29, 0.717) is 0 Å². The molecule has 0 aromatic rings. The van der Waals surface area contributed by atoms with Gasteiger partial charge >= 0.3 is 23.5 Å². The maximum Gasteiger partial charge on any atom is 0.466 e. The molecule has 176 valence electrons. The van der Waals surface area contributed by atoms with E-state index in [1.165, 1.54) is 0 Å². The fraction of sp³-hybridized carbons (Fsp3) is 0. The molecular formula is H29O22P3. The zero-order valence-electron chi connectivity index (χ0n) is 11.6. The summed E-state index contributed by atoms with van der Waals surface area (Å²) in [7, 11) is -13.9. The van der Waals surface area contributed by atoms with Gasteiger partial charge in [-0.1, -0.05) is 0 Å². The molecule has 0 amide bonds. The Kier molecular flexibility index (Phi) is 157. The first-order chi connectivity index (χ1) is 6.00. The van der Waals surface area contributed by atoms with Gasteiger partial charge in [-0.2, -0.15) is 0 Å². The Morgan fingerprint density at radius 3 is 0.280 bits per heavy atom. The molecule has 0 atom stereocenters. The lowest BCUT2D eigenvalue weighted by Gasteiger charge is -1.82. The van der Waals surface area contributed by atoms with Crippen LogP contribution >= 0.6 is 23.5 Å². The van der Waals surface area contributed by atoms with Crippen LogP contribution in [0.3, 0.4) is 0 Å². The highest BCUT2D eigenvalue weighted by Gasteiger charge is 2.01. The molecule has 0 fully saturated rings. The summed E-state index contributed by atoms with van der Waals surface area (Å²) in [6.45, 7) is 0. The molecule has 25 heavy (non-hydrogen) atoms. The first-order valence-electron chi connectivity index (χ1n) is 2.35. The average molecular weight is 474 g/mol. The van der Waals surface area contributed by atoms with Gasteiger partial charge in [0, 0.05) is 0 Å². The summed E-state index contributed by atoms with van der Waals surface area (Å²) in [5.41, 5.74) is 0. The number of rotatable bonds is 0. The smallest absolute Gasteiger partial charge is 0.412 e. The minimum atomic E-state index is -4.64. The van der Waals surface area contributed by atoms with Gasteiger partial charge in [0.15, 0.2) is 0 Å². The monoisotopic (exact) mass is 474 g/mol. The van der Waals surface area contributed by atoms with Crippen LogP contribution in [-0.2, 0) is 13.7 Å². The van der Waals surface area contributed by atoms with E-state index in [9.17, 15) is 0 Å². The van der Waals surface area contributed by atoms with Gasteiger partial charge in [-0.3, -0.25) is 0 Å². The summed E-state index contributed by atoms with van der Waals surface area (Å²) in [6.07, 6.45) is 0. The summed E-state index contributed by atoms with van der Waals surface area (Å²) < 4.78 is 26.6. The molecule has 0 spiro atoms. The summed E-state index contributed by atoms with van der Waals surface area (Å²) in [5, 5.41) is 0. The largest absolute Gasteiger partial charge is 0.466 e. The van der Waals surface area contributed by atoms with Crippen molar-refractivity contribution in [2.24, 2.45) is 0 Å². The fourth-order valence-electron chi connectivity index (χ4n) is 0. The second kappa shape index (κ2) is 39.1. The third-order valence-electron chi connectivity index (χ3n) is 0. The van der Waals surface area contributed by atoms with Gasteiger partial charge in [-0.25, -0.2) is 13.7 Å². The third kappa shape index (κ3) is 2350000.